The molecule has 0 rings (SSSR count). The van der Waals surface area contributed by atoms with Gasteiger partial charge in [0.2, 0.25) is 0 Å². The monoisotopic (exact) mass is 284 g/mol. The van der Waals surface area contributed by atoms with Gasteiger partial charge in [0.15, 0.2) is 0 Å². The Bertz CT molecular complexity index is 177. The molecule has 0 N–H and O–H groups in total. The van der Waals surface area contributed by atoms with Crippen LogP contribution in [0.25, 0.3) is 0 Å². The Morgan fingerprint density at radius 2 is 1.10 bits per heavy atom. The van der Waals surface area contributed by atoms with Crippen LogP contribution in [0.5, 0.6) is 0 Å². The van der Waals surface area contributed by atoms with Crippen molar-refractivity contribution in [2.45, 2.75) is 111 Å². The molecule has 1 atom stereocenters. The topological polar surface area (TPSA) is 9.23 Å². The average Bonchev–Trinajstić information content (AvgIpc) is 2.43. The molecule has 0 heterocycles. The predicted octanol–water partition coefficient (Wildman–Crippen LogP) is 6.75. The first-order valence-corrected chi connectivity index (χ1v) is 9.32. The standard InChI is InChI=1S/C19H40O/c1-5-19(20-6-2)17-15-13-11-9-7-8-10-12-14-16-18(3)4/h18-19H,5-17H2,1-4H3. The molecule has 20 heavy (non-hydrogen) atoms. The fraction of sp³-hybridized carbons (Fsp3) is 1.00. The van der Waals surface area contributed by atoms with E-state index in [9.17, 15) is 0 Å². The highest BCUT2D eigenvalue weighted by Gasteiger charge is 2.04. The van der Waals surface area contributed by atoms with Gasteiger partial charge in [0.05, 0.1) is 6.10 Å². The molecule has 0 aromatic heterocycles. The Balaban J connectivity index is 3.13. The van der Waals surface area contributed by atoms with E-state index in [1.165, 1.54) is 77.0 Å². The van der Waals surface area contributed by atoms with Crippen LogP contribution in [-0.2, 0) is 4.74 Å². The van der Waals surface area contributed by atoms with Crippen molar-refractivity contribution in [3.8, 4) is 0 Å². The zero-order valence-electron chi connectivity index (χ0n) is 14.8. The molecule has 0 bridgehead atoms. The van der Waals surface area contributed by atoms with Crippen molar-refractivity contribution >= 4 is 0 Å². The maximum Gasteiger partial charge on any atom is 0.0572 e. The number of rotatable bonds is 15. The summed E-state index contributed by atoms with van der Waals surface area (Å²) in [5.74, 6) is 0.888. The van der Waals surface area contributed by atoms with Crippen molar-refractivity contribution < 1.29 is 4.74 Å². The fourth-order valence-corrected chi connectivity index (χ4v) is 2.80. The Hall–Kier alpha value is -0.0400. The summed E-state index contributed by atoms with van der Waals surface area (Å²) in [5, 5.41) is 0. The van der Waals surface area contributed by atoms with E-state index in [-0.39, 0.29) is 0 Å². The van der Waals surface area contributed by atoms with E-state index < -0.39 is 0 Å². The lowest BCUT2D eigenvalue weighted by Gasteiger charge is -2.14. The Morgan fingerprint density at radius 3 is 1.50 bits per heavy atom. The molecular weight excluding hydrogens is 244 g/mol. The quantitative estimate of drug-likeness (QED) is 0.302. The molecule has 0 radical (unpaired) electrons. The normalized spacial score (nSPS) is 13.1. The van der Waals surface area contributed by atoms with Gasteiger partial charge >= 0.3 is 0 Å². The van der Waals surface area contributed by atoms with Crippen LogP contribution >= 0.6 is 0 Å². The van der Waals surface area contributed by atoms with E-state index in [0.29, 0.717) is 6.10 Å². The van der Waals surface area contributed by atoms with E-state index in [1.54, 1.807) is 0 Å². The minimum atomic E-state index is 0.515. The summed E-state index contributed by atoms with van der Waals surface area (Å²) in [6.07, 6.45) is 17.2. The minimum absolute atomic E-state index is 0.515. The molecule has 0 saturated carbocycles. The molecule has 0 saturated heterocycles. The van der Waals surface area contributed by atoms with Crippen LogP contribution in [0.3, 0.4) is 0 Å². The van der Waals surface area contributed by atoms with Crippen LogP contribution in [0.1, 0.15) is 105 Å². The Labute approximate surface area is 128 Å². The lowest BCUT2D eigenvalue weighted by Crippen LogP contribution is -2.11. The second-order valence-electron chi connectivity index (χ2n) is 6.64. The first-order valence-electron chi connectivity index (χ1n) is 9.32. The molecule has 0 aliphatic rings. The second kappa shape index (κ2) is 15.4. The lowest BCUT2D eigenvalue weighted by molar-refractivity contribution is 0.0523. The largest absolute Gasteiger partial charge is 0.379 e. The van der Waals surface area contributed by atoms with Crippen LogP contribution in [0.15, 0.2) is 0 Å². The zero-order valence-corrected chi connectivity index (χ0v) is 14.8. The number of ether oxygens (including phenoxy) is 1. The number of hydrogen-bond donors (Lipinski definition) is 0. The second-order valence-corrected chi connectivity index (χ2v) is 6.64. The summed E-state index contributed by atoms with van der Waals surface area (Å²) in [5.41, 5.74) is 0. The molecule has 0 aromatic rings. The van der Waals surface area contributed by atoms with Gasteiger partial charge in [0.25, 0.3) is 0 Å². The first-order chi connectivity index (χ1) is 9.70. The summed E-state index contributed by atoms with van der Waals surface area (Å²) >= 11 is 0. The van der Waals surface area contributed by atoms with Gasteiger partial charge in [0, 0.05) is 6.61 Å². The molecule has 0 amide bonds. The van der Waals surface area contributed by atoms with Crippen LogP contribution in [0.4, 0.5) is 0 Å². The van der Waals surface area contributed by atoms with Gasteiger partial charge in [-0.3, -0.25) is 0 Å². The highest BCUT2D eigenvalue weighted by atomic mass is 16.5. The van der Waals surface area contributed by atoms with Crippen molar-refractivity contribution in [3.05, 3.63) is 0 Å². The van der Waals surface area contributed by atoms with E-state index >= 15 is 0 Å². The maximum absolute atomic E-state index is 5.69. The van der Waals surface area contributed by atoms with Gasteiger partial charge in [-0.15, -0.1) is 0 Å². The first kappa shape index (κ1) is 20.0. The van der Waals surface area contributed by atoms with Gasteiger partial charge in [-0.2, -0.15) is 0 Å². The molecule has 1 nitrogen and oxygen atoms in total. The van der Waals surface area contributed by atoms with Crippen molar-refractivity contribution in [1.82, 2.24) is 0 Å². The van der Waals surface area contributed by atoms with Crippen LogP contribution in [0, 0.1) is 5.92 Å². The van der Waals surface area contributed by atoms with Gasteiger partial charge in [-0.1, -0.05) is 85.0 Å². The summed E-state index contributed by atoms with van der Waals surface area (Å²) in [6, 6.07) is 0. The van der Waals surface area contributed by atoms with Gasteiger partial charge in [-0.05, 0) is 25.7 Å². The maximum atomic E-state index is 5.69. The molecule has 0 aromatic carbocycles. The zero-order chi connectivity index (χ0) is 15.1. The van der Waals surface area contributed by atoms with E-state index in [1.807, 2.05) is 0 Å². The molecule has 0 spiro atoms. The highest BCUT2D eigenvalue weighted by Crippen LogP contribution is 2.15. The van der Waals surface area contributed by atoms with Crippen molar-refractivity contribution in [2.75, 3.05) is 6.61 Å². The Kier molecular flexibility index (Phi) is 15.3. The van der Waals surface area contributed by atoms with Crippen molar-refractivity contribution in [2.24, 2.45) is 5.92 Å². The number of hydrogen-bond acceptors (Lipinski definition) is 1. The molecule has 0 fully saturated rings. The van der Waals surface area contributed by atoms with E-state index in [2.05, 4.69) is 27.7 Å². The fourth-order valence-electron chi connectivity index (χ4n) is 2.80. The summed E-state index contributed by atoms with van der Waals surface area (Å²) in [4.78, 5) is 0. The predicted molar refractivity (Wildman–Crippen MR) is 91.3 cm³/mol. The molecule has 122 valence electrons. The van der Waals surface area contributed by atoms with Crippen LogP contribution in [-0.4, -0.2) is 12.7 Å². The molecular formula is C19H40O. The third kappa shape index (κ3) is 14.4. The molecule has 0 aliphatic carbocycles. The number of unbranched alkanes of at least 4 members (excludes halogenated alkanes) is 8. The SMILES string of the molecule is CCOC(CC)CCCCCCCCCCCC(C)C. The van der Waals surface area contributed by atoms with Crippen molar-refractivity contribution in [1.29, 1.82) is 0 Å². The third-order valence-corrected chi connectivity index (χ3v) is 4.17. The summed E-state index contributed by atoms with van der Waals surface area (Å²) in [6.45, 7) is 9.86. The molecule has 1 unspecified atom stereocenters. The average molecular weight is 285 g/mol. The minimum Gasteiger partial charge on any atom is -0.379 e. The summed E-state index contributed by atoms with van der Waals surface area (Å²) in [7, 11) is 0. The van der Waals surface area contributed by atoms with Gasteiger partial charge in [-0.25, -0.2) is 0 Å². The van der Waals surface area contributed by atoms with Crippen LogP contribution < -0.4 is 0 Å². The smallest absolute Gasteiger partial charge is 0.0572 e. The molecule has 1 heteroatoms. The van der Waals surface area contributed by atoms with Crippen molar-refractivity contribution in [3.63, 3.8) is 0 Å². The Morgan fingerprint density at radius 1 is 0.650 bits per heavy atom. The highest BCUT2D eigenvalue weighted by molar-refractivity contribution is 4.56. The van der Waals surface area contributed by atoms with E-state index in [0.717, 1.165) is 12.5 Å². The lowest BCUT2D eigenvalue weighted by atomic mass is 10.0. The third-order valence-electron chi connectivity index (χ3n) is 4.17. The van der Waals surface area contributed by atoms with Crippen LogP contribution in [0.2, 0.25) is 0 Å². The molecule has 0 aliphatic heterocycles. The van der Waals surface area contributed by atoms with Gasteiger partial charge in [0.1, 0.15) is 0 Å². The van der Waals surface area contributed by atoms with Gasteiger partial charge < -0.3 is 4.74 Å². The summed E-state index contributed by atoms with van der Waals surface area (Å²) < 4.78 is 5.69. The van der Waals surface area contributed by atoms with E-state index in [4.69, 9.17) is 4.74 Å².